The minimum atomic E-state index is 0. The van der Waals surface area contributed by atoms with Crippen molar-refractivity contribution in [1.29, 1.82) is 0 Å². The molecule has 0 aromatic carbocycles. The van der Waals surface area contributed by atoms with Gasteiger partial charge in [-0.1, -0.05) is 111 Å². The first-order chi connectivity index (χ1) is 9.60. The Labute approximate surface area is 159 Å². The third-order valence-corrected chi connectivity index (χ3v) is 2.96. The maximum Gasteiger partial charge on any atom is -0.0380 e. The highest BCUT2D eigenvalue weighted by molar-refractivity contribution is 4.62. The van der Waals surface area contributed by atoms with Crippen LogP contribution in [0.5, 0.6) is 0 Å². The third-order valence-electron chi connectivity index (χ3n) is 2.96. The van der Waals surface area contributed by atoms with Crippen LogP contribution in [0.1, 0.15) is 131 Å². The molecule has 0 heterocycles. The Hall–Kier alpha value is 0. The molecule has 0 radical (unpaired) electrons. The van der Waals surface area contributed by atoms with Crippen molar-refractivity contribution in [2.24, 2.45) is 28.6 Å². The highest BCUT2D eigenvalue weighted by atomic mass is 14.2. The summed E-state index contributed by atoms with van der Waals surface area (Å²) in [7, 11) is 0. The molecule has 0 aromatic heterocycles. The van der Waals surface area contributed by atoms with Crippen LogP contribution in [0.4, 0.5) is 0 Å². The highest BCUT2D eigenvalue weighted by Crippen LogP contribution is 2.23. The summed E-state index contributed by atoms with van der Waals surface area (Å²) in [4.78, 5) is 0. The van der Waals surface area contributed by atoms with Gasteiger partial charge in [0.25, 0.3) is 0 Å². The van der Waals surface area contributed by atoms with Crippen molar-refractivity contribution in [2.45, 2.75) is 131 Å². The lowest BCUT2D eigenvalue weighted by Gasteiger charge is -2.19. The van der Waals surface area contributed by atoms with Crippen LogP contribution in [-0.2, 0) is 0 Å². The van der Waals surface area contributed by atoms with Gasteiger partial charge in [-0.15, -0.1) is 0 Å². The van der Waals surface area contributed by atoms with Gasteiger partial charge in [0.2, 0.25) is 0 Å². The molecule has 0 saturated heterocycles. The second-order valence-electron chi connectivity index (χ2n) is 10.5. The van der Waals surface area contributed by atoms with Crippen LogP contribution in [0, 0.1) is 28.6 Å². The molecule has 0 unspecified atom stereocenters. The van der Waals surface area contributed by atoms with Crippen LogP contribution in [0.2, 0.25) is 0 Å². The fraction of sp³-hybridized carbons (Fsp3) is 1.00. The topological polar surface area (TPSA) is 0 Å². The summed E-state index contributed by atoms with van der Waals surface area (Å²) in [6.45, 7) is 29.5. The molecule has 0 aliphatic heterocycles. The average molecular weight is 347 g/mol. The predicted octanol–water partition coefficient (Wildman–Crippen LogP) is 9.87. The Bertz CT molecular complexity index is 201. The first-order valence-corrected chi connectivity index (χ1v) is 9.60. The third kappa shape index (κ3) is 57.4. The van der Waals surface area contributed by atoms with Gasteiger partial charge in [-0.05, 0) is 47.8 Å². The lowest BCUT2D eigenvalue weighted by atomic mass is 9.86. The molecule has 0 fully saturated rings. The summed E-state index contributed by atoms with van der Waals surface area (Å²) in [6.07, 6.45) is 5.34. The Balaban J connectivity index is -0.0000000724. The van der Waals surface area contributed by atoms with E-state index < -0.39 is 0 Å². The van der Waals surface area contributed by atoms with Crippen molar-refractivity contribution in [2.75, 3.05) is 0 Å². The maximum absolute atomic E-state index is 2.28. The summed E-state index contributed by atoms with van der Waals surface area (Å²) >= 11 is 0. The fourth-order valence-corrected chi connectivity index (χ4v) is 2.92. The van der Waals surface area contributed by atoms with E-state index in [0.717, 1.165) is 17.8 Å². The number of rotatable bonds is 4. The Morgan fingerprint density at radius 2 is 0.917 bits per heavy atom. The van der Waals surface area contributed by atoms with Gasteiger partial charge in [0.05, 0.1) is 0 Å². The first kappa shape index (κ1) is 35.2. The van der Waals surface area contributed by atoms with Gasteiger partial charge in [0.1, 0.15) is 0 Å². The second-order valence-corrected chi connectivity index (χ2v) is 10.5. The molecule has 24 heavy (non-hydrogen) atoms. The van der Waals surface area contributed by atoms with Crippen LogP contribution in [0.25, 0.3) is 0 Å². The van der Waals surface area contributed by atoms with Gasteiger partial charge < -0.3 is 0 Å². The first-order valence-electron chi connectivity index (χ1n) is 9.60. The van der Waals surface area contributed by atoms with Gasteiger partial charge in [-0.2, -0.15) is 0 Å². The SMILES string of the molecule is C.C.CC(C)CC(C)(C)C.CC(C)CC(C)C.CCCC(C)(C)C. The molecule has 0 bridgehead atoms. The van der Waals surface area contributed by atoms with E-state index in [1.807, 2.05) is 0 Å². The molecule has 154 valence electrons. The predicted molar refractivity (Wildman–Crippen MR) is 121 cm³/mol. The van der Waals surface area contributed by atoms with E-state index in [2.05, 4.69) is 90.0 Å². The largest absolute Gasteiger partial charge is 0.0776 e. The molecule has 0 N–H and O–H groups in total. The molecule has 0 atom stereocenters. The average Bonchev–Trinajstić information content (AvgIpc) is 2.09. The van der Waals surface area contributed by atoms with Crippen molar-refractivity contribution in [3.8, 4) is 0 Å². The lowest BCUT2D eigenvalue weighted by Crippen LogP contribution is -2.08. The van der Waals surface area contributed by atoms with Gasteiger partial charge in [0, 0.05) is 0 Å². The van der Waals surface area contributed by atoms with E-state index in [0.29, 0.717) is 10.8 Å². The Morgan fingerprint density at radius 1 is 0.583 bits per heavy atom. The second kappa shape index (κ2) is 17.8. The van der Waals surface area contributed by atoms with Crippen LogP contribution < -0.4 is 0 Å². The molecular formula is C24H58. The summed E-state index contributed by atoms with van der Waals surface area (Å²) in [5.74, 6) is 2.59. The van der Waals surface area contributed by atoms with Crippen LogP contribution in [0.15, 0.2) is 0 Å². The van der Waals surface area contributed by atoms with Gasteiger partial charge in [0.15, 0.2) is 0 Å². The zero-order valence-corrected chi connectivity index (χ0v) is 18.6. The molecule has 0 heteroatoms. The normalized spacial score (nSPS) is 11.0. The van der Waals surface area contributed by atoms with Crippen molar-refractivity contribution >= 4 is 0 Å². The minimum absolute atomic E-state index is 0. The number of hydrogen-bond acceptors (Lipinski definition) is 0. The van der Waals surface area contributed by atoms with E-state index in [4.69, 9.17) is 0 Å². The van der Waals surface area contributed by atoms with Crippen LogP contribution in [0.3, 0.4) is 0 Å². The highest BCUT2D eigenvalue weighted by Gasteiger charge is 2.11. The molecule has 0 nitrogen and oxygen atoms in total. The van der Waals surface area contributed by atoms with Crippen molar-refractivity contribution in [1.82, 2.24) is 0 Å². The van der Waals surface area contributed by atoms with E-state index >= 15 is 0 Å². The quantitative estimate of drug-likeness (QED) is 0.475. The molecular weight excluding hydrogens is 288 g/mol. The number of hydrogen-bond donors (Lipinski definition) is 0. The monoisotopic (exact) mass is 346 g/mol. The van der Waals surface area contributed by atoms with Crippen LogP contribution in [-0.4, -0.2) is 0 Å². The van der Waals surface area contributed by atoms with E-state index in [1.54, 1.807) is 0 Å². The van der Waals surface area contributed by atoms with Crippen molar-refractivity contribution in [3.63, 3.8) is 0 Å². The zero-order chi connectivity index (χ0) is 18.6. The van der Waals surface area contributed by atoms with Crippen LogP contribution >= 0.6 is 0 Å². The van der Waals surface area contributed by atoms with Crippen molar-refractivity contribution < 1.29 is 0 Å². The standard InChI is InChI=1S/C8H18.2C7H16.2CH4/c1-7(2)6-8(3,4)5;1-6(2)5-7(3)4;1-5-6-7(2,3)4;;/h7H,6H2,1-5H3;6-7H,5H2,1-4H3;5-6H2,1-4H3;2*1H4. The summed E-state index contributed by atoms with van der Waals surface area (Å²) in [6, 6.07) is 0. The van der Waals surface area contributed by atoms with E-state index in [9.17, 15) is 0 Å². The fourth-order valence-electron chi connectivity index (χ4n) is 2.92. The summed E-state index contributed by atoms with van der Waals surface area (Å²) in [5.41, 5.74) is 1.07. The molecule has 0 spiro atoms. The Kier molecular flexibility index (Phi) is 26.1. The smallest absolute Gasteiger partial charge is 0.0380 e. The van der Waals surface area contributed by atoms with Gasteiger partial charge in [-0.25, -0.2) is 0 Å². The molecule has 0 saturated carbocycles. The lowest BCUT2D eigenvalue weighted by molar-refractivity contribution is 0.320. The summed E-state index contributed by atoms with van der Waals surface area (Å²) in [5, 5.41) is 0. The molecule has 0 aliphatic carbocycles. The van der Waals surface area contributed by atoms with Gasteiger partial charge in [-0.3, -0.25) is 0 Å². The Morgan fingerprint density at radius 3 is 0.917 bits per heavy atom. The maximum atomic E-state index is 2.28. The zero-order valence-electron chi connectivity index (χ0n) is 18.6. The molecule has 0 aromatic rings. The van der Waals surface area contributed by atoms with Gasteiger partial charge >= 0.3 is 0 Å². The molecule has 0 rings (SSSR count). The van der Waals surface area contributed by atoms with E-state index in [1.165, 1.54) is 25.7 Å². The summed E-state index contributed by atoms with van der Waals surface area (Å²) < 4.78 is 0. The minimum Gasteiger partial charge on any atom is -0.0776 e. The van der Waals surface area contributed by atoms with Crippen molar-refractivity contribution in [3.05, 3.63) is 0 Å². The molecule has 0 aliphatic rings. The molecule has 0 amide bonds. The van der Waals surface area contributed by atoms with E-state index in [-0.39, 0.29) is 14.9 Å².